The van der Waals surface area contributed by atoms with Crippen LogP contribution in [0.15, 0.2) is 4.99 Å². The molecule has 0 unspecified atom stereocenters. The first-order valence-corrected chi connectivity index (χ1v) is 5.93. The third-order valence-electron chi connectivity index (χ3n) is 2.53. The molecule has 0 bridgehead atoms. The number of hydrogen-bond donors (Lipinski definition) is 1. The zero-order valence-electron chi connectivity index (χ0n) is 9.53. The molecule has 0 spiro atoms. The number of piperidine rings is 1. The van der Waals surface area contributed by atoms with Gasteiger partial charge in [0.25, 0.3) is 0 Å². The molecular formula is C10H22Cl3N3. The molecule has 0 radical (unpaired) electrons. The van der Waals surface area contributed by atoms with Crippen molar-refractivity contribution in [1.82, 2.24) is 4.90 Å². The van der Waals surface area contributed by atoms with E-state index in [4.69, 9.17) is 17.3 Å². The second-order valence-corrected chi connectivity index (χ2v) is 4.03. The molecule has 0 aliphatic carbocycles. The van der Waals surface area contributed by atoms with Gasteiger partial charge in [-0.15, -0.1) is 36.4 Å². The Kier molecular flexibility index (Phi) is 13.7. The maximum absolute atomic E-state index is 5.51. The molecule has 16 heavy (non-hydrogen) atoms. The van der Waals surface area contributed by atoms with Gasteiger partial charge in [0.05, 0.1) is 5.88 Å². The van der Waals surface area contributed by atoms with Gasteiger partial charge in [-0.25, -0.2) is 0 Å². The third kappa shape index (κ3) is 8.45. The number of nitrogens with two attached hydrogens (primary N) is 1. The highest BCUT2D eigenvalue weighted by Crippen LogP contribution is 2.08. The van der Waals surface area contributed by atoms with Crippen LogP contribution in [0, 0.1) is 0 Å². The smallest absolute Gasteiger partial charge is 0.109 e. The molecule has 1 aliphatic heterocycles. The molecule has 1 heterocycles. The summed E-state index contributed by atoms with van der Waals surface area (Å²) in [6.07, 6.45) is 5.20. The maximum atomic E-state index is 5.51. The molecule has 0 saturated carbocycles. The Morgan fingerprint density at radius 3 is 2.38 bits per heavy atom. The Bertz CT molecular complexity index is 182. The summed E-state index contributed by atoms with van der Waals surface area (Å²) in [6.45, 7) is 4.48. The lowest BCUT2D eigenvalue weighted by Crippen LogP contribution is -2.31. The number of rotatable bonds is 5. The molecule has 0 atom stereocenters. The molecule has 1 aliphatic rings. The largest absolute Gasteiger partial charge is 0.386 e. The minimum atomic E-state index is 0. The van der Waals surface area contributed by atoms with Crippen LogP contribution in [0.4, 0.5) is 0 Å². The molecule has 1 saturated heterocycles. The first-order chi connectivity index (χ1) is 6.83. The number of likely N-dealkylation sites (tertiary alicyclic amines) is 1. The number of hydrogen-bond acceptors (Lipinski definition) is 2. The van der Waals surface area contributed by atoms with Crippen molar-refractivity contribution in [3.63, 3.8) is 0 Å². The lowest BCUT2D eigenvalue weighted by Gasteiger charge is -2.25. The highest BCUT2D eigenvalue weighted by molar-refractivity contribution is 6.27. The second kappa shape index (κ2) is 11.8. The van der Waals surface area contributed by atoms with Crippen LogP contribution in [-0.4, -0.2) is 42.8 Å². The molecule has 0 aromatic heterocycles. The lowest BCUT2D eigenvalue weighted by molar-refractivity contribution is 0.228. The molecule has 0 aromatic carbocycles. The van der Waals surface area contributed by atoms with Crippen molar-refractivity contribution in [2.45, 2.75) is 25.7 Å². The summed E-state index contributed by atoms with van der Waals surface area (Å²) in [5, 5.41) is 0. The predicted octanol–water partition coefficient (Wildman–Crippen LogP) is 2.30. The van der Waals surface area contributed by atoms with Gasteiger partial charge < -0.3 is 10.6 Å². The Labute approximate surface area is 116 Å². The third-order valence-corrected chi connectivity index (χ3v) is 2.81. The van der Waals surface area contributed by atoms with Gasteiger partial charge in [0.1, 0.15) is 5.84 Å². The van der Waals surface area contributed by atoms with Crippen LogP contribution in [-0.2, 0) is 0 Å². The summed E-state index contributed by atoms with van der Waals surface area (Å²) in [5.74, 6) is 0.911. The monoisotopic (exact) mass is 289 g/mol. The van der Waals surface area contributed by atoms with E-state index in [1.165, 1.54) is 32.4 Å². The molecule has 2 N–H and O–H groups in total. The SMILES string of the molecule is Cl.Cl.NC(CCl)=NCCCN1CCCCC1. The van der Waals surface area contributed by atoms with E-state index in [0.717, 1.165) is 19.5 Å². The fourth-order valence-corrected chi connectivity index (χ4v) is 1.83. The molecule has 98 valence electrons. The van der Waals surface area contributed by atoms with E-state index in [9.17, 15) is 0 Å². The molecule has 6 heteroatoms. The van der Waals surface area contributed by atoms with Crippen molar-refractivity contribution in [3.8, 4) is 0 Å². The van der Waals surface area contributed by atoms with Crippen LogP contribution in [0.1, 0.15) is 25.7 Å². The van der Waals surface area contributed by atoms with Crippen LogP contribution in [0.3, 0.4) is 0 Å². The van der Waals surface area contributed by atoms with Gasteiger partial charge in [0.15, 0.2) is 0 Å². The van der Waals surface area contributed by atoms with Gasteiger partial charge in [-0.2, -0.15) is 0 Å². The number of alkyl halides is 1. The van der Waals surface area contributed by atoms with Gasteiger partial charge >= 0.3 is 0 Å². The van der Waals surface area contributed by atoms with Crippen LogP contribution < -0.4 is 5.73 Å². The molecule has 1 rings (SSSR count). The maximum Gasteiger partial charge on any atom is 0.109 e. The number of halogens is 3. The number of amidine groups is 1. The average molecular weight is 291 g/mol. The summed E-state index contributed by atoms with van der Waals surface area (Å²) in [5.41, 5.74) is 5.50. The van der Waals surface area contributed by atoms with Crippen molar-refractivity contribution >= 4 is 42.3 Å². The molecule has 0 amide bonds. The fraction of sp³-hybridized carbons (Fsp3) is 0.900. The summed E-state index contributed by atoms with van der Waals surface area (Å²) >= 11 is 5.51. The van der Waals surface area contributed by atoms with E-state index >= 15 is 0 Å². The van der Waals surface area contributed by atoms with Gasteiger partial charge in [-0.3, -0.25) is 4.99 Å². The van der Waals surface area contributed by atoms with Crippen LogP contribution >= 0.6 is 36.4 Å². The van der Waals surface area contributed by atoms with Crippen LogP contribution in [0.25, 0.3) is 0 Å². The zero-order valence-corrected chi connectivity index (χ0v) is 11.9. The topological polar surface area (TPSA) is 41.6 Å². The first kappa shape index (κ1) is 18.7. The summed E-state index contributed by atoms with van der Waals surface area (Å²) in [4.78, 5) is 6.67. The molecule has 3 nitrogen and oxygen atoms in total. The van der Waals surface area contributed by atoms with Crippen LogP contribution in [0.2, 0.25) is 0 Å². The zero-order chi connectivity index (χ0) is 10.2. The number of nitrogens with zero attached hydrogens (tertiary/aromatic N) is 2. The van der Waals surface area contributed by atoms with Crippen molar-refractivity contribution in [3.05, 3.63) is 0 Å². The standard InChI is InChI=1S/C10H20ClN3.2ClH/c11-9-10(12)13-5-4-8-14-6-2-1-3-7-14;;/h1-9H2,(H2,12,13);2*1H. The minimum Gasteiger partial charge on any atom is -0.386 e. The van der Waals surface area contributed by atoms with E-state index in [-0.39, 0.29) is 24.8 Å². The van der Waals surface area contributed by atoms with Crippen molar-refractivity contribution in [1.29, 1.82) is 0 Å². The normalized spacial score (nSPS) is 17.4. The van der Waals surface area contributed by atoms with E-state index in [1.807, 2.05) is 0 Å². The number of aliphatic imine (C=N–C) groups is 1. The van der Waals surface area contributed by atoms with Gasteiger partial charge in [-0.05, 0) is 38.9 Å². The summed E-state index contributed by atoms with van der Waals surface area (Å²) < 4.78 is 0. The Hall–Kier alpha value is 0.300. The van der Waals surface area contributed by atoms with Crippen LogP contribution in [0.5, 0.6) is 0 Å². The lowest BCUT2D eigenvalue weighted by atomic mass is 10.1. The van der Waals surface area contributed by atoms with Gasteiger partial charge in [-0.1, -0.05) is 6.42 Å². The summed E-state index contributed by atoms with van der Waals surface area (Å²) in [7, 11) is 0. The van der Waals surface area contributed by atoms with E-state index in [2.05, 4.69) is 9.89 Å². The molecular weight excluding hydrogens is 268 g/mol. The highest BCUT2D eigenvalue weighted by atomic mass is 35.5. The van der Waals surface area contributed by atoms with Crippen molar-refractivity contribution < 1.29 is 0 Å². The van der Waals surface area contributed by atoms with Crippen molar-refractivity contribution in [2.75, 3.05) is 32.1 Å². The Balaban J connectivity index is 0. The van der Waals surface area contributed by atoms with Gasteiger partial charge in [0, 0.05) is 6.54 Å². The quantitative estimate of drug-likeness (QED) is 0.365. The first-order valence-electron chi connectivity index (χ1n) is 5.40. The average Bonchev–Trinajstić information content (AvgIpc) is 2.25. The van der Waals surface area contributed by atoms with E-state index < -0.39 is 0 Å². The fourth-order valence-electron chi connectivity index (χ4n) is 1.74. The van der Waals surface area contributed by atoms with Crippen molar-refractivity contribution in [2.24, 2.45) is 10.7 Å². The predicted molar refractivity (Wildman–Crippen MR) is 76.6 cm³/mol. The molecule has 0 aromatic rings. The van der Waals surface area contributed by atoms with Gasteiger partial charge in [0.2, 0.25) is 0 Å². The Morgan fingerprint density at radius 2 is 1.81 bits per heavy atom. The van der Waals surface area contributed by atoms with E-state index in [1.54, 1.807) is 0 Å². The molecule has 1 fully saturated rings. The highest BCUT2D eigenvalue weighted by Gasteiger charge is 2.08. The summed E-state index contributed by atoms with van der Waals surface area (Å²) in [6, 6.07) is 0. The second-order valence-electron chi connectivity index (χ2n) is 3.76. The van der Waals surface area contributed by atoms with E-state index in [0.29, 0.717) is 11.7 Å². The minimum absolute atomic E-state index is 0. The Morgan fingerprint density at radius 1 is 1.19 bits per heavy atom.